The van der Waals surface area contributed by atoms with Gasteiger partial charge in [-0.05, 0) is 42.7 Å². The molecule has 0 saturated carbocycles. The number of amides is 1. The van der Waals surface area contributed by atoms with Crippen LogP contribution in [0.1, 0.15) is 80.1 Å². The van der Waals surface area contributed by atoms with Crippen molar-refractivity contribution in [2.45, 2.75) is 58.4 Å². The van der Waals surface area contributed by atoms with Gasteiger partial charge in [0.15, 0.2) is 16.9 Å². The van der Waals surface area contributed by atoms with E-state index >= 15 is 0 Å². The number of benzene rings is 2. The maximum absolute atomic E-state index is 13.5. The highest BCUT2D eigenvalue weighted by atomic mass is 16.5. The van der Waals surface area contributed by atoms with E-state index in [1.165, 1.54) is 12.8 Å². The number of hydrogen-bond donors (Lipinski definition) is 0. The molecule has 0 aliphatic carbocycles. The topological polar surface area (TPSA) is 69.0 Å². The number of methoxy groups -OCH3 is 1. The van der Waals surface area contributed by atoms with Gasteiger partial charge in [0, 0.05) is 6.54 Å². The van der Waals surface area contributed by atoms with Crippen molar-refractivity contribution in [2.75, 3.05) is 20.3 Å². The summed E-state index contributed by atoms with van der Waals surface area (Å²) in [5, 5.41) is 0.482. The van der Waals surface area contributed by atoms with Crippen molar-refractivity contribution in [1.82, 2.24) is 4.90 Å². The maximum atomic E-state index is 13.5. The highest BCUT2D eigenvalue weighted by molar-refractivity contribution is 5.99. The van der Waals surface area contributed by atoms with Gasteiger partial charge in [0.25, 0.3) is 5.91 Å². The van der Waals surface area contributed by atoms with Gasteiger partial charge in [0.2, 0.25) is 5.76 Å². The van der Waals surface area contributed by atoms with Gasteiger partial charge in [-0.3, -0.25) is 9.59 Å². The molecule has 0 saturated heterocycles. The Labute approximate surface area is 200 Å². The lowest BCUT2D eigenvalue weighted by molar-refractivity contribution is 0.0725. The van der Waals surface area contributed by atoms with E-state index in [1.54, 1.807) is 30.2 Å². The van der Waals surface area contributed by atoms with Crippen molar-refractivity contribution in [3.8, 4) is 11.5 Å². The Morgan fingerprint density at radius 1 is 0.941 bits per heavy atom. The minimum atomic E-state index is -0.526. The van der Waals surface area contributed by atoms with E-state index in [-0.39, 0.29) is 17.1 Å². The van der Waals surface area contributed by atoms with E-state index in [1.807, 2.05) is 24.3 Å². The monoisotopic (exact) mass is 463 g/mol. The van der Waals surface area contributed by atoms with Crippen LogP contribution in [0.3, 0.4) is 0 Å². The smallest absolute Gasteiger partial charge is 0.290 e. The Morgan fingerprint density at radius 2 is 1.74 bits per heavy atom. The zero-order chi connectivity index (χ0) is 24.1. The lowest BCUT2D eigenvalue weighted by atomic mass is 9.98. The van der Waals surface area contributed by atoms with Gasteiger partial charge in [0.1, 0.15) is 5.58 Å². The molecule has 4 rings (SSSR count). The van der Waals surface area contributed by atoms with Gasteiger partial charge in [-0.1, -0.05) is 57.7 Å². The molecule has 1 aromatic heterocycles. The van der Waals surface area contributed by atoms with Crippen LogP contribution >= 0.6 is 0 Å². The molecule has 1 aliphatic rings. The first-order valence-electron chi connectivity index (χ1n) is 12.3. The zero-order valence-electron chi connectivity index (χ0n) is 20.3. The number of unbranched alkanes of at least 4 members (excludes halogenated alkanes) is 4. The van der Waals surface area contributed by atoms with Crippen LogP contribution in [0.25, 0.3) is 11.0 Å². The molecule has 2 heterocycles. The first kappa shape index (κ1) is 23.9. The molecule has 0 fully saturated rings. The van der Waals surface area contributed by atoms with Gasteiger partial charge >= 0.3 is 0 Å². The lowest BCUT2D eigenvalue weighted by Gasteiger charge is -2.25. The number of ether oxygens (including phenoxy) is 2. The fraction of sp³-hybridized carbons (Fsp3) is 0.429. The predicted molar refractivity (Wildman–Crippen MR) is 133 cm³/mol. The summed E-state index contributed by atoms with van der Waals surface area (Å²) in [6.07, 6.45) is 6.26. The molecule has 6 nitrogen and oxygen atoms in total. The first-order chi connectivity index (χ1) is 16.6. The number of carbonyl (C=O) groups excluding carboxylic acids is 1. The van der Waals surface area contributed by atoms with Crippen molar-refractivity contribution in [3.05, 3.63) is 69.6 Å². The van der Waals surface area contributed by atoms with E-state index < -0.39 is 6.04 Å². The van der Waals surface area contributed by atoms with Crippen molar-refractivity contribution in [3.63, 3.8) is 0 Å². The van der Waals surface area contributed by atoms with Crippen LogP contribution in [0.2, 0.25) is 0 Å². The van der Waals surface area contributed by atoms with Crippen LogP contribution in [0.4, 0.5) is 0 Å². The SMILES string of the molecule is CCCCCCOc1ccc([C@@H]2c3c(oc4ccccc4c3=O)C(=O)N2CCCC)cc1OC. The second kappa shape index (κ2) is 10.8. The molecule has 0 bridgehead atoms. The number of nitrogens with zero attached hydrogens (tertiary/aromatic N) is 1. The minimum absolute atomic E-state index is 0.139. The predicted octanol–water partition coefficient (Wildman–Crippen LogP) is 6.11. The summed E-state index contributed by atoms with van der Waals surface area (Å²) in [7, 11) is 1.60. The Hall–Kier alpha value is -3.28. The third kappa shape index (κ3) is 4.54. The summed E-state index contributed by atoms with van der Waals surface area (Å²) < 4.78 is 17.6. The number of fused-ring (bicyclic) bond motifs is 2. The molecule has 0 unspecified atom stereocenters. The zero-order valence-corrected chi connectivity index (χ0v) is 20.3. The number of hydrogen-bond acceptors (Lipinski definition) is 5. The Kier molecular flexibility index (Phi) is 7.56. The summed E-state index contributed by atoms with van der Waals surface area (Å²) in [4.78, 5) is 28.6. The Morgan fingerprint density at radius 3 is 2.50 bits per heavy atom. The van der Waals surface area contributed by atoms with Crippen LogP contribution < -0.4 is 14.9 Å². The summed E-state index contributed by atoms with van der Waals surface area (Å²) in [6.45, 7) is 5.43. The summed E-state index contributed by atoms with van der Waals surface area (Å²) in [5.41, 5.74) is 1.47. The Balaban J connectivity index is 1.74. The van der Waals surface area contributed by atoms with Crippen molar-refractivity contribution in [1.29, 1.82) is 0 Å². The standard InChI is InChI=1S/C28H33NO5/c1-4-6-8-11-17-33-22-15-14-19(18-23(22)32-3)25-24-26(30)20-12-9-10-13-21(20)34-27(24)28(31)29(25)16-7-5-2/h9-10,12-15,18,25H,4-8,11,16-17H2,1-3H3/t25-/m1/s1. The van der Waals surface area contributed by atoms with E-state index in [9.17, 15) is 9.59 Å². The summed E-state index contributed by atoms with van der Waals surface area (Å²) >= 11 is 0. The van der Waals surface area contributed by atoms with Crippen LogP contribution in [-0.4, -0.2) is 31.1 Å². The van der Waals surface area contributed by atoms with Gasteiger partial charge in [0.05, 0.1) is 30.7 Å². The third-order valence-corrected chi connectivity index (χ3v) is 6.38. The molecule has 34 heavy (non-hydrogen) atoms. The van der Waals surface area contributed by atoms with Crippen LogP contribution in [0.5, 0.6) is 11.5 Å². The molecule has 0 spiro atoms. The molecule has 0 N–H and O–H groups in total. The molecule has 2 aromatic carbocycles. The van der Waals surface area contributed by atoms with Crippen LogP contribution in [0, 0.1) is 0 Å². The molecule has 180 valence electrons. The van der Waals surface area contributed by atoms with Crippen molar-refractivity contribution in [2.24, 2.45) is 0 Å². The molecule has 0 radical (unpaired) electrons. The largest absolute Gasteiger partial charge is 0.493 e. The molecule has 1 atom stereocenters. The average Bonchev–Trinajstić information content (AvgIpc) is 3.14. The highest BCUT2D eigenvalue weighted by Crippen LogP contribution is 2.41. The average molecular weight is 464 g/mol. The van der Waals surface area contributed by atoms with Gasteiger partial charge in [-0.15, -0.1) is 0 Å². The van der Waals surface area contributed by atoms with Crippen molar-refractivity contribution < 1.29 is 18.7 Å². The third-order valence-electron chi connectivity index (χ3n) is 6.38. The van der Waals surface area contributed by atoms with Gasteiger partial charge in [-0.25, -0.2) is 0 Å². The van der Waals surface area contributed by atoms with Crippen LogP contribution in [-0.2, 0) is 0 Å². The molecule has 3 aromatic rings. The minimum Gasteiger partial charge on any atom is -0.493 e. The van der Waals surface area contributed by atoms with E-state index in [0.29, 0.717) is 41.2 Å². The molecular weight excluding hydrogens is 430 g/mol. The van der Waals surface area contributed by atoms with E-state index in [4.69, 9.17) is 13.9 Å². The quantitative estimate of drug-likeness (QED) is 0.321. The molecule has 6 heteroatoms. The van der Waals surface area contributed by atoms with Crippen molar-refractivity contribution >= 4 is 16.9 Å². The molecular formula is C28H33NO5. The van der Waals surface area contributed by atoms with E-state index in [2.05, 4.69) is 13.8 Å². The number of para-hydroxylation sites is 1. The number of carbonyl (C=O) groups is 1. The lowest BCUT2D eigenvalue weighted by Crippen LogP contribution is -2.30. The molecule has 1 amide bonds. The summed E-state index contributed by atoms with van der Waals surface area (Å²) in [5.74, 6) is 1.15. The first-order valence-corrected chi connectivity index (χ1v) is 12.3. The van der Waals surface area contributed by atoms with Gasteiger partial charge < -0.3 is 18.8 Å². The fourth-order valence-corrected chi connectivity index (χ4v) is 4.56. The maximum Gasteiger partial charge on any atom is 0.290 e. The fourth-order valence-electron chi connectivity index (χ4n) is 4.56. The highest BCUT2D eigenvalue weighted by Gasteiger charge is 2.42. The normalized spacial score (nSPS) is 15.1. The van der Waals surface area contributed by atoms with Gasteiger partial charge in [-0.2, -0.15) is 0 Å². The number of rotatable bonds is 11. The molecule has 1 aliphatic heterocycles. The Bertz CT molecular complexity index is 1220. The summed E-state index contributed by atoms with van der Waals surface area (Å²) in [6, 6.07) is 12.2. The van der Waals surface area contributed by atoms with Crippen LogP contribution in [0.15, 0.2) is 51.7 Å². The second-order valence-electron chi connectivity index (χ2n) is 8.74. The van der Waals surface area contributed by atoms with E-state index in [0.717, 1.165) is 31.2 Å². The second-order valence-corrected chi connectivity index (χ2v) is 8.74.